The van der Waals surface area contributed by atoms with Crippen LogP contribution in [0, 0.1) is 5.82 Å². The summed E-state index contributed by atoms with van der Waals surface area (Å²) in [6.45, 7) is 1.41. The molecule has 2 aromatic heterocycles. The summed E-state index contributed by atoms with van der Waals surface area (Å²) >= 11 is 2.98. The smallest absolute Gasteiger partial charge is 0.274 e. The number of carbonyl (C=O) groups is 1. The topological polar surface area (TPSA) is 42.4 Å². The third-order valence-corrected chi connectivity index (χ3v) is 6.08. The molecule has 0 atom stereocenters. The van der Waals surface area contributed by atoms with Gasteiger partial charge in [-0.2, -0.15) is 0 Å². The lowest BCUT2D eigenvalue weighted by atomic mass is 10.1. The number of fused-ring (bicyclic) bond motifs is 1. The van der Waals surface area contributed by atoms with E-state index in [9.17, 15) is 9.18 Å². The molecule has 0 N–H and O–H groups in total. The van der Waals surface area contributed by atoms with Crippen LogP contribution in [0.1, 0.15) is 17.7 Å². The van der Waals surface area contributed by atoms with Gasteiger partial charge in [0.1, 0.15) is 11.9 Å². The number of hydrogen-bond donors (Lipinski definition) is 0. The van der Waals surface area contributed by atoms with Crippen LogP contribution in [0.3, 0.4) is 0 Å². The largest absolute Gasteiger partial charge is 0.467 e. The van der Waals surface area contributed by atoms with Gasteiger partial charge < -0.3 is 9.64 Å². The molecule has 0 bridgehead atoms. The molecule has 25 heavy (non-hydrogen) atoms. The zero-order valence-electron chi connectivity index (χ0n) is 13.5. The summed E-state index contributed by atoms with van der Waals surface area (Å²) in [5, 5.41) is 2.57. The highest BCUT2D eigenvalue weighted by Crippen LogP contribution is 2.30. The molecule has 0 aliphatic carbocycles. The molecule has 1 fully saturated rings. The van der Waals surface area contributed by atoms with Crippen LogP contribution in [0.25, 0.3) is 10.2 Å². The van der Waals surface area contributed by atoms with Crippen LogP contribution < -0.4 is 4.74 Å². The number of halogens is 1. The first-order valence-electron chi connectivity index (χ1n) is 8.20. The van der Waals surface area contributed by atoms with Crippen molar-refractivity contribution in [3.63, 3.8) is 0 Å². The highest BCUT2D eigenvalue weighted by molar-refractivity contribution is 7.20. The van der Waals surface area contributed by atoms with Crippen LogP contribution in [-0.4, -0.2) is 35.0 Å². The Morgan fingerprint density at radius 1 is 1.32 bits per heavy atom. The van der Waals surface area contributed by atoms with Gasteiger partial charge in [-0.1, -0.05) is 17.4 Å². The van der Waals surface area contributed by atoms with Crippen LogP contribution in [0.5, 0.6) is 5.19 Å². The maximum absolute atomic E-state index is 13.3. The molecular weight excluding hydrogens is 359 g/mol. The van der Waals surface area contributed by atoms with Crippen molar-refractivity contribution in [3.05, 3.63) is 46.4 Å². The van der Waals surface area contributed by atoms with E-state index in [0.717, 1.165) is 27.9 Å². The van der Waals surface area contributed by atoms with E-state index in [4.69, 9.17) is 4.74 Å². The van der Waals surface area contributed by atoms with Crippen LogP contribution in [0.2, 0.25) is 0 Å². The summed E-state index contributed by atoms with van der Waals surface area (Å²) in [7, 11) is 0. The second-order valence-corrected chi connectivity index (χ2v) is 8.07. The Morgan fingerprint density at radius 2 is 2.16 bits per heavy atom. The summed E-state index contributed by atoms with van der Waals surface area (Å²) in [6.07, 6.45) is 2.12. The minimum absolute atomic E-state index is 0.0520. The van der Waals surface area contributed by atoms with E-state index >= 15 is 0 Å². The van der Waals surface area contributed by atoms with Crippen LogP contribution in [-0.2, 0) is 11.2 Å². The fourth-order valence-electron chi connectivity index (χ4n) is 2.97. The van der Waals surface area contributed by atoms with Crippen molar-refractivity contribution in [2.45, 2.75) is 25.4 Å². The number of likely N-dealkylation sites (tertiary alicyclic amines) is 1. The third kappa shape index (κ3) is 3.82. The first-order valence-corrected chi connectivity index (χ1v) is 9.90. The SMILES string of the molecule is O=C(Cc1cccs1)N1CCC(Oc2nc3ccc(F)cc3s2)CC1. The molecular formula is C18H17FN2O2S2. The minimum atomic E-state index is -0.264. The highest BCUT2D eigenvalue weighted by Gasteiger charge is 2.25. The van der Waals surface area contributed by atoms with Gasteiger partial charge in [0.15, 0.2) is 0 Å². The Hall–Kier alpha value is -1.99. The lowest BCUT2D eigenvalue weighted by Gasteiger charge is -2.31. The molecule has 1 amide bonds. The predicted octanol–water partition coefficient (Wildman–Crippen LogP) is 4.11. The maximum Gasteiger partial charge on any atom is 0.274 e. The van der Waals surface area contributed by atoms with Crippen molar-refractivity contribution in [2.75, 3.05) is 13.1 Å². The summed E-state index contributed by atoms with van der Waals surface area (Å²) in [4.78, 5) is 19.7. The van der Waals surface area contributed by atoms with Gasteiger partial charge in [-0.3, -0.25) is 4.79 Å². The molecule has 0 radical (unpaired) electrons. The van der Waals surface area contributed by atoms with E-state index in [1.54, 1.807) is 17.4 Å². The first kappa shape index (κ1) is 16.5. The molecule has 1 aromatic carbocycles. The zero-order chi connectivity index (χ0) is 17.2. The molecule has 3 aromatic rings. The van der Waals surface area contributed by atoms with Gasteiger partial charge >= 0.3 is 0 Å². The second kappa shape index (κ2) is 7.09. The number of piperidine rings is 1. The zero-order valence-corrected chi connectivity index (χ0v) is 15.1. The molecule has 0 spiro atoms. The number of aromatic nitrogens is 1. The van der Waals surface area contributed by atoms with E-state index in [1.165, 1.54) is 23.5 Å². The summed E-state index contributed by atoms with van der Waals surface area (Å²) in [5.41, 5.74) is 0.755. The quantitative estimate of drug-likeness (QED) is 0.688. The van der Waals surface area contributed by atoms with Crippen LogP contribution >= 0.6 is 22.7 Å². The Morgan fingerprint density at radius 3 is 2.92 bits per heavy atom. The van der Waals surface area contributed by atoms with Crippen LogP contribution in [0.15, 0.2) is 35.7 Å². The van der Waals surface area contributed by atoms with E-state index in [-0.39, 0.29) is 17.8 Å². The fourth-order valence-corrected chi connectivity index (χ4v) is 4.57. The van der Waals surface area contributed by atoms with Crippen molar-refractivity contribution in [1.82, 2.24) is 9.88 Å². The number of benzene rings is 1. The Balaban J connectivity index is 1.32. The normalized spacial score (nSPS) is 15.6. The van der Waals surface area contributed by atoms with E-state index in [0.29, 0.717) is 24.7 Å². The average molecular weight is 376 g/mol. The molecule has 1 saturated heterocycles. The molecule has 7 heteroatoms. The van der Waals surface area contributed by atoms with Gasteiger partial charge in [0.25, 0.3) is 5.19 Å². The van der Waals surface area contributed by atoms with Gasteiger partial charge in [-0.15, -0.1) is 11.3 Å². The minimum Gasteiger partial charge on any atom is -0.467 e. The number of hydrogen-bond acceptors (Lipinski definition) is 5. The van der Waals surface area contributed by atoms with Crippen molar-refractivity contribution >= 4 is 38.8 Å². The van der Waals surface area contributed by atoms with E-state index in [1.807, 2.05) is 22.4 Å². The maximum atomic E-state index is 13.3. The van der Waals surface area contributed by atoms with Crippen molar-refractivity contribution in [3.8, 4) is 5.19 Å². The van der Waals surface area contributed by atoms with Crippen molar-refractivity contribution < 1.29 is 13.9 Å². The number of carbonyl (C=O) groups excluding carboxylic acids is 1. The summed E-state index contributed by atoms with van der Waals surface area (Å²) < 4.78 is 20.0. The molecule has 0 unspecified atom stereocenters. The number of amides is 1. The summed E-state index contributed by atoms with van der Waals surface area (Å²) in [5.74, 6) is -0.0865. The van der Waals surface area contributed by atoms with Gasteiger partial charge in [0, 0.05) is 30.8 Å². The number of thiophene rings is 1. The van der Waals surface area contributed by atoms with Crippen LogP contribution in [0.4, 0.5) is 4.39 Å². The molecule has 130 valence electrons. The molecule has 0 saturated carbocycles. The van der Waals surface area contributed by atoms with E-state index in [2.05, 4.69) is 4.98 Å². The van der Waals surface area contributed by atoms with Gasteiger partial charge in [0.2, 0.25) is 5.91 Å². The second-order valence-electron chi connectivity index (χ2n) is 6.05. The Labute approximate surface area is 152 Å². The standard InChI is InChI=1S/C18H17FN2O2S2/c19-12-3-4-15-16(10-12)25-18(20-15)23-13-5-7-21(8-6-13)17(22)11-14-2-1-9-24-14/h1-4,9-10,13H,5-8,11H2. The third-order valence-electron chi connectivity index (χ3n) is 4.30. The number of ether oxygens (including phenoxy) is 1. The monoisotopic (exact) mass is 376 g/mol. The lowest BCUT2D eigenvalue weighted by molar-refractivity contribution is -0.132. The number of rotatable bonds is 4. The Bertz CT molecular complexity index is 870. The first-order chi connectivity index (χ1) is 12.2. The van der Waals surface area contributed by atoms with Crippen molar-refractivity contribution in [2.24, 2.45) is 0 Å². The molecule has 1 aliphatic rings. The highest BCUT2D eigenvalue weighted by atomic mass is 32.1. The number of thiazole rings is 1. The Kier molecular flexibility index (Phi) is 4.67. The van der Waals surface area contributed by atoms with Gasteiger partial charge in [-0.25, -0.2) is 9.37 Å². The summed E-state index contributed by atoms with van der Waals surface area (Å²) in [6, 6.07) is 8.51. The number of nitrogens with zero attached hydrogens (tertiary/aromatic N) is 2. The molecule has 4 rings (SSSR count). The van der Waals surface area contributed by atoms with Gasteiger partial charge in [-0.05, 0) is 29.6 Å². The van der Waals surface area contributed by atoms with Gasteiger partial charge in [0.05, 0.1) is 16.6 Å². The molecule has 3 heterocycles. The fraction of sp³-hybridized carbons (Fsp3) is 0.333. The molecule has 1 aliphatic heterocycles. The van der Waals surface area contributed by atoms with E-state index < -0.39 is 0 Å². The average Bonchev–Trinajstić information content (AvgIpc) is 3.24. The predicted molar refractivity (Wildman–Crippen MR) is 97.8 cm³/mol. The molecule has 4 nitrogen and oxygen atoms in total. The van der Waals surface area contributed by atoms with Crippen molar-refractivity contribution in [1.29, 1.82) is 0 Å². The lowest BCUT2D eigenvalue weighted by Crippen LogP contribution is -2.42.